The van der Waals surface area contributed by atoms with Crippen LogP contribution in [0.25, 0.3) is 0 Å². The van der Waals surface area contributed by atoms with Crippen LogP contribution in [0.3, 0.4) is 0 Å². The Morgan fingerprint density at radius 1 is 1.30 bits per heavy atom. The molecule has 0 saturated heterocycles. The minimum atomic E-state index is -0.482. The van der Waals surface area contributed by atoms with E-state index in [1.165, 1.54) is 0 Å². The summed E-state index contributed by atoms with van der Waals surface area (Å²) in [5.41, 5.74) is 0.604. The van der Waals surface area contributed by atoms with Crippen molar-refractivity contribution in [3.63, 3.8) is 0 Å². The summed E-state index contributed by atoms with van der Waals surface area (Å²) in [7, 11) is 0. The second-order valence-electron chi connectivity index (χ2n) is 6.24. The quantitative estimate of drug-likeness (QED) is 0.835. The van der Waals surface area contributed by atoms with Crippen LogP contribution in [0.2, 0.25) is 0 Å². The molecule has 112 valence electrons. The van der Waals surface area contributed by atoms with E-state index in [-0.39, 0.29) is 12.1 Å². The molecule has 0 saturated carbocycles. The van der Waals surface area contributed by atoms with Crippen molar-refractivity contribution in [2.24, 2.45) is 5.92 Å². The number of rotatable bonds is 4. The average Bonchev–Trinajstić information content (AvgIpc) is 2.33. The predicted molar refractivity (Wildman–Crippen MR) is 80.4 cm³/mol. The van der Waals surface area contributed by atoms with E-state index in [0.717, 1.165) is 5.56 Å². The molecule has 0 radical (unpaired) electrons. The van der Waals surface area contributed by atoms with Crippen molar-refractivity contribution in [2.45, 2.75) is 53.2 Å². The van der Waals surface area contributed by atoms with Crippen molar-refractivity contribution in [1.82, 2.24) is 9.88 Å². The Hall–Kier alpha value is -1.58. The number of ether oxygens (including phenoxy) is 1. The molecule has 1 aromatic heterocycles. The van der Waals surface area contributed by atoms with Gasteiger partial charge in [0.1, 0.15) is 5.60 Å². The molecule has 0 N–H and O–H groups in total. The summed E-state index contributed by atoms with van der Waals surface area (Å²) in [5, 5.41) is 0. The third-order valence-corrected chi connectivity index (χ3v) is 2.98. The molecule has 0 aromatic carbocycles. The van der Waals surface area contributed by atoms with Gasteiger partial charge >= 0.3 is 6.09 Å². The van der Waals surface area contributed by atoms with Crippen LogP contribution in [0.15, 0.2) is 24.5 Å². The summed E-state index contributed by atoms with van der Waals surface area (Å²) < 4.78 is 5.51. The number of hydrogen-bond acceptors (Lipinski definition) is 3. The van der Waals surface area contributed by atoms with E-state index >= 15 is 0 Å². The lowest BCUT2D eigenvalue weighted by molar-refractivity contribution is 0.0120. The third-order valence-electron chi connectivity index (χ3n) is 2.98. The van der Waals surface area contributed by atoms with Gasteiger partial charge in [-0.2, -0.15) is 0 Å². The maximum absolute atomic E-state index is 12.4. The second kappa shape index (κ2) is 6.73. The highest BCUT2D eigenvalue weighted by molar-refractivity contribution is 5.68. The maximum atomic E-state index is 12.4. The fourth-order valence-corrected chi connectivity index (χ4v) is 2.25. The van der Waals surface area contributed by atoms with Crippen molar-refractivity contribution in [3.05, 3.63) is 30.1 Å². The van der Waals surface area contributed by atoms with Crippen molar-refractivity contribution in [3.8, 4) is 0 Å². The molecule has 4 heteroatoms. The van der Waals surface area contributed by atoms with Crippen molar-refractivity contribution in [2.75, 3.05) is 6.54 Å². The fourth-order valence-electron chi connectivity index (χ4n) is 2.25. The van der Waals surface area contributed by atoms with Crippen LogP contribution in [0.4, 0.5) is 4.79 Å². The Labute approximate surface area is 122 Å². The Morgan fingerprint density at radius 3 is 2.25 bits per heavy atom. The zero-order valence-corrected chi connectivity index (χ0v) is 13.4. The molecule has 0 aliphatic heterocycles. The first-order chi connectivity index (χ1) is 9.26. The van der Waals surface area contributed by atoms with Gasteiger partial charge in [-0.3, -0.25) is 4.98 Å². The Bertz CT molecular complexity index is 424. The summed E-state index contributed by atoms with van der Waals surface area (Å²) in [5.74, 6) is 0.296. The highest BCUT2D eigenvalue weighted by Crippen LogP contribution is 2.29. The third kappa shape index (κ3) is 4.51. The molecule has 1 aromatic rings. The highest BCUT2D eigenvalue weighted by atomic mass is 16.6. The van der Waals surface area contributed by atoms with Crippen molar-refractivity contribution < 1.29 is 9.53 Å². The van der Waals surface area contributed by atoms with E-state index in [2.05, 4.69) is 18.8 Å². The first kappa shape index (κ1) is 16.5. The van der Waals surface area contributed by atoms with E-state index in [1.54, 1.807) is 17.3 Å². The number of carbonyl (C=O) groups is 1. The van der Waals surface area contributed by atoms with E-state index in [1.807, 2.05) is 39.8 Å². The molecule has 0 bridgehead atoms. The number of nitrogens with zero attached hydrogens (tertiary/aromatic N) is 2. The normalized spacial score (nSPS) is 13.2. The lowest BCUT2D eigenvalue weighted by Crippen LogP contribution is -2.41. The van der Waals surface area contributed by atoms with Crippen LogP contribution in [0.1, 0.15) is 53.1 Å². The smallest absolute Gasteiger partial charge is 0.410 e. The zero-order valence-electron chi connectivity index (χ0n) is 13.4. The number of pyridine rings is 1. The molecule has 1 heterocycles. The van der Waals surface area contributed by atoms with Gasteiger partial charge in [-0.05, 0) is 51.3 Å². The van der Waals surface area contributed by atoms with Gasteiger partial charge in [0.2, 0.25) is 0 Å². The topological polar surface area (TPSA) is 42.4 Å². The minimum Gasteiger partial charge on any atom is -0.444 e. The van der Waals surface area contributed by atoms with E-state index in [4.69, 9.17) is 4.74 Å². The second-order valence-corrected chi connectivity index (χ2v) is 6.24. The molecular weight excluding hydrogens is 252 g/mol. The van der Waals surface area contributed by atoms with E-state index in [9.17, 15) is 4.79 Å². The highest BCUT2D eigenvalue weighted by Gasteiger charge is 2.30. The Kier molecular flexibility index (Phi) is 5.54. The van der Waals surface area contributed by atoms with Crippen LogP contribution < -0.4 is 0 Å². The van der Waals surface area contributed by atoms with Gasteiger partial charge in [0.25, 0.3) is 0 Å². The first-order valence-corrected chi connectivity index (χ1v) is 7.15. The molecule has 0 fully saturated rings. The molecular formula is C16H26N2O2. The lowest BCUT2D eigenvalue weighted by Gasteiger charge is -2.35. The molecule has 20 heavy (non-hydrogen) atoms. The molecule has 0 aliphatic carbocycles. The zero-order chi connectivity index (χ0) is 15.3. The van der Waals surface area contributed by atoms with Gasteiger partial charge in [-0.15, -0.1) is 0 Å². The molecule has 4 nitrogen and oxygen atoms in total. The van der Waals surface area contributed by atoms with Gasteiger partial charge in [0.15, 0.2) is 0 Å². The average molecular weight is 278 g/mol. The van der Waals surface area contributed by atoms with Crippen LogP contribution >= 0.6 is 0 Å². The van der Waals surface area contributed by atoms with Gasteiger partial charge in [-0.1, -0.05) is 13.8 Å². The van der Waals surface area contributed by atoms with Crippen LogP contribution in [-0.2, 0) is 4.74 Å². The Balaban J connectivity index is 3.02. The fraction of sp³-hybridized carbons (Fsp3) is 0.625. The molecule has 0 spiro atoms. The molecule has 1 atom stereocenters. The number of hydrogen-bond donors (Lipinski definition) is 0. The molecule has 0 aliphatic rings. The summed E-state index contributed by atoms with van der Waals surface area (Å²) in [6, 6.07) is 3.91. The first-order valence-electron chi connectivity index (χ1n) is 7.15. The standard InChI is InChI=1S/C16H26N2O2/c1-7-18(15(19)20-16(4,5)6)14(12(2)3)13-8-10-17-11-9-13/h8-12,14H,7H2,1-6H3. The molecule has 1 rings (SSSR count). The summed E-state index contributed by atoms with van der Waals surface area (Å²) in [6.45, 7) is 12.5. The number of carbonyl (C=O) groups excluding carboxylic acids is 1. The predicted octanol–water partition coefficient (Wildman–Crippen LogP) is 4.04. The monoisotopic (exact) mass is 278 g/mol. The largest absolute Gasteiger partial charge is 0.444 e. The Morgan fingerprint density at radius 2 is 1.85 bits per heavy atom. The molecule has 1 unspecified atom stereocenters. The van der Waals surface area contributed by atoms with Gasteiger partial charge in [-0.25, -0.2) is 4.79 Å². The minimum absolute atomic E-state index is 0.00199. The molecule has 1 amide bonds. The number of amides is 1. The van der Waals surface area contributed by atoms with Crippen LogP contribution in [-0.4, -0.2) is 28.1 Å². The van der Waals surface area contributed by atoms with E-state index < -0.39 is 5.60 Å². The van der Waals surface area contributed by atoms with Crippen molar-refractivity contribution >= 4 is 6.09 Å². The van der Waals surface area contributed by atoms with Crippen LogP contribution in [0.5, 0.6) is 0 Å². The lowest BCUT2D eigenvalue weighted by atomic mass is 9.95. The SMILES string of the molecule is CCN(C(=O)OC(C)(C)C)C(c1ccncc1)C(C)C. The van der Waals surface area contributed by atoms with Crippen molar-refractivity contribution in [1.29, 1.82) is 0 Å². The van der Waals surface area contributed by atoms with Gasteiger partial charge < -0.3 is 9.64 Å². The van der Waals surface area contributed by atoms with Gasteiger partial charge in [0, 0.05) is 18.9 Å². The van der Waals surface area contributed by atoms with Crippen LogP contribution in [0, 0.1) is 5.92 Å². The summed E-state index contributed by atoms with van der Waals surface area (Å²) in [6.07, 6.45) is 3.25. The van der Waals surface area contributed by atoms with E-state index in [0.29, 0.717) is 12.5 Å². The maximum Gasteiger partial charge on any atom is 0.410 e. The number of aromatic nitrogens is 1. The summed E-state index contributed by atoms with van der Waals surface area (Å²) in [4.78, 5) is 18.2. The summed E-state index contributed by atoms with van der Waals surface area (Å²) >= 11 is 0. The van der Waals surface area contributed by atoms with Gasteiger partial charge in [0.05, 0.1) is 6.04 Å².